The van der Waals surface area contributed by atoms with Crippen LogP contribution in [-0.2, 0) is 4.79 Å². The maximum Gasteiger partial charge on any atom is 0.132 e. The van der Waals surface area contributed by atoms with Gasteiger partial charge in [0.1, 0.15) is 18.0 Å². The predicted octanol–water partition coefficient (Wildman–Crippen LogP) is -1.96. The second-order valence-corrected chi connectivity index (χ2v) is 2.71. The Labute approximate surface area is 70.3 Å². The molecule has 0 aromatic heterocycles. The second-order valence-electron chi connectivity index (χ2n) is 2.71. The van der Waals surface area contributed by atoms with Crippen LogP contribution in [0.15, 0.2) is 0 Å². The van der Waals surface area contributed by atoms with Gasteiger partial charge in [-0.1, -0.05) is 0 Å². The van der Waals surface area contributed by atoms with Crippen molar-refractivity contribution in [3.63, 3.8) is 0 Å². The van der Waals surface area contributed by atoms with Crippen molar-refractivity contribution in [3.8, 4) is 0 Å². The van der Waals surface area contributed by atoms with Crippen LogP contribution in [0.5, 0.6) is 0 Å². The quantitative estimate of drug-likeness (QED) is 0.392. The molecule has 0 saturated carbocycles. The van der Waals surface area contributed by atoms with Crippen LogP contribution in [-0.4, -0.2) is 51.1 Å². The third-order valence-electron chi connectivity index (χ3n) is 1.47. The maximum absolute atomic E-state index is 10.5. The Bertz CT molecular complexity index is 147. The van der Waals surface area contributed by atoms with Crippen LogP contribution in [0, 0.1) is 0 Å². The number of hydrogen-bond donors (Lipinski definition) is 4. The largest absolute Gasteiger partial charge is 0.394 e. The Hall–Kier alpha value is -0.490. The van der Waals surface area contributed by atoms with Crippen molar-refractivity contribution >= 4 is 5.78 Å². The normalized spacial score (nSPS) is 18.4. The molecule has 0 rings (SSSR count). The average Bonchev–Trinajstić information content (AvgIpc) is 2.00. The van der Waals surface area contributed by atoms with Gasteiger partial charge in [-0.15, -0.1) is 0 Å². The van der Waals surface area contributed by atoms with Gasteiger partial charge in [-0.3, -0.25) is 4.79 Å². The molecular weight excluding hydrogens is 164 g/mol. The van der Waals surface area contributed by atoms with Crippen molar-refractivity contribution in [1.29, 1.82) is 0 Å². The van der Waals surface area contributed by atoms with Crippen LogP contribution in [0.25, 0.3) is 0 Å². The monoisotopic (exact) mass is 178 g/mol. The zero-order valence-electron chi connectivity index (χ0n) is 6.84. The van der Waals surface area contributed by atoms with Crippen molar-refractivity contribution in [1.82, 2.24) is 0 Å². The molecule has 72 valence electrons. The minimum absolute atomic E-state index is 0.224. The molecule has 0 amide bonds. The van der Waals surface area contributed by atoms with Gasteiger partial charge in [-0.2, -0.15) is 0 Å². The van der Waals surface area contributed by atoms with Gasteiger partial charge in [0.25, 0.3) is 0 Å². The fraction of sp³-hybridized carbons (Fsp3) is 0.857. The third-order valence-corrected chi connectivity index (χ3v) is 1.47. The molecule has 0 aromatic rings. The molecule has 0 aliphatic heterocycles. The SMILES string of the molecule is CC(=O)C[C@@H](O)[C@H](O)[C@H](O)CO. The highest BCUT2D eigenvalue weighted by Crippen LogP contribution is 2.04. The second kappa shape index (κ2) is 5.21. The fourth-order valence-corrected chi connectivity index (χ4v) is 0.780. The first kappa shape index (κ1) is 11.5. The van der Waals surface area contributed by atoms with E-state index in [0.717, 1.165) is 0 Å². The number of Topliss-reactive ketones (excluding diaryl/α,β-unsaturated/α-hetero) is 1. The molecule has 0 saturated heterocycles. The van der Waals surface area contributed by atoms with Gasteiger partial charge in [-0.25, -0.2) is 0 Å². The lowest BCUT2D eigenvalue weighted by Crippen LogP contribution is -2.40. The molecule has 5 nitrogen and oxygen atoms in total. The predicted molar refractivity (Wildman–Crippen MR) is 40.4 cm³/mol. The van der Waals surface area contributed by atoms with Crippen molar-refractivity contribution in [2.45, 2.75) is 31.7 Å². The molecule has 0 fully saturated rings. The zero-order valence-corrected chi connectivity index (χ0v) is 6.84. The molecule has 0 aliphatic rings. The lowest BCUT2D eigenvalue weighted by molar-refractivity contribution is -0.124. The van der Waals surface area contributed by atoms with E-state index in [1.54, 1.807) is 0 Å². The Morgan fingerprint density at radius 3 is 2.08 bits per heavy atom. The summed E-state index contributed by atoms with van der Waals surface area (Å²) in [7, 11) is 0. The van der Waals surface area contributed by atoms with Crippen molar-refractivity contribution < 1.29 is 25.2 Å². The van der Waals surface area contributed by atoms with Crippen molar-refractivity contribution in [2.75, 3.05) is 6.61 Å². The molecule has 12 heavy (non-hydrogen) atoms. The molecule has 0 radical (unpaired) electrons. The van der Waals surface area contributed by atoms with Crippen LogP contribution in [0.1, 0.15) is 13.3 Å². The number of carbonyl (C=O) groups excluding carboxylic acids is 1. The molecule has 0 spiro atoms. The van der Waals surface area contributed by atoms with Crippen molar-refractivity contribution in [2.24, 2.45) is 0 Å². The minimum atomic E-state index is -1.47. The summed E-state index contributed by atoms with van der Waals surface area (Å²) < 4.78 is 0. The minimum Gasteiger partial charge on any atom is -0.394 e. The summed E-state index contributed by atoms with van der Waals surface area (Å²) in [6.07, 6.45) is -4.42. The van der Waals surface area contributed by atoms with Crippen LogP contribution < -0.4 is 0 Å². The van der Waals surface area contributed by atoms with Crippen LogP contribution >= 0.6 is 0 Å². The highest BCUT2D eigenvalue weighted by molar-refractivity contribution is 5.76. The smallest absolute Gasteiger partial charge is 0.132 e. The molecule has 4 N–H and O–H groups in total. The van der Waals surface area contributed by atoms with E-state index in [2.05, 4.69) is 0 Å². The molecule has 3 atom stereocenters. The number of carbonyl (C=O) groups is 1. The molecule has 0 heterocycles. The molecular formula is C7H14O5. The van der Waals surface area contributed by atoms with E-state index in [4.69, 9.17) is 20.4 Å². The summed E-state index contributed by atoms with van der Waals surface area (Å²) in [6.45, 7) is 0.622. The third kappa shape index (κ3) is 3.77. The molecule has 0 unspecified atom stereocenters. The summed E-state index contributed by atoms with van der Waals surface area (Å²) in [5, 5.41) is 35.3. The van der Waals surface area contributed by atoms with E-state index < -0.39 is 24.9 Å². The Kier molecular flexibility index (Phi) is 5.00. The van der Waals surface area contributed by atoms with E-state index in [1.165, 1.54) is 6.92 Å². The summed E-state index contributed by atoms with van der Waals surface area (Å²) in [5.41, 5.74) is 0. The average molecular weight is 178 g/mol. The van der Waals surface area contributed by atoms with Crippen LogP contribution in [0.2, 0.25) is 0 Å². The molecule has 0 aromatic carbocycles. The lowest BCUT2D eigenvalue weighted by Gasteiger charge is -2.20. The summed E-state index contributed by atoms with van der Waals surface area (Å²) >= 11 is 0. The van der Waals surface area contributed by atoms with E-state index >= 15 is 0 Å². The molecule has 0 bridgehead atoms. The first-order valence-corrected chi connectivity index (χ1v) is 3.63. The Balaban J connectivity index is 3.91. The Morgan fingerprint density at radius 1 is 1.25 bits per heavy atom. The summed E-state index contributed by atoms with van der Waals surface area (Å²) in [6, 6.07) is 0. The van der Waals surface area contributed by atoms with Gasteiger partial charge in [0, 0.05) is 6.42 Å². The number of rotatable bonds is 5. The van der Waals surface area contributed by atoms with E-state index in [1.807, 2.05) is 0 Å². The van der Waals surface area contributed by atoms with E-state index in [0.29, 0.717) is 0 Å². The first-order valence-electron chi connectivity index (χ1n) is 3.63. The van der Waals surface area contributed by atoms with E-state index in [9.17, 15) is 4.79 Å². The van der Waals surface area contributed by atoms with Gasteiger partial charge in [0.05, 0.1) is 12.7 Å². The topological polar surface area (TPSA) is 98.0 Å². The summed E-state index contributed by atoms with van der Waals surface area (Å²) in [5.74, 6) is -0.285. The van der Waals surface area contributed by atoms with Gasteiger partial charge in [0.15, 0.2) is 0 Å². The number of hydrogen-bond acceptors (Lipinski definition) is 5. The highest BCUT2D eigenvalue weighted by Gasteiger charge is 2.24. The first-order chi connectivity index (χ1) is 5.49. The van der Waals surface area contributed by atoms with E-state index in [-0.39, 0.29) is 12.2 Å². The fourth-order valence-electron chi connectivity index (χ4n) is 0.780. The number of aliphatic hydroxyl groups is 4. The van der Waals surface area contributed by atoms with Gasteiger partial charge in [0.2, 0.25) is 0 Å². The standard InChI is InChI=1S/C7H14O5/c1-4(9)2-5(10)7(12)6(11)3-8/h5-8,10-12H,2-3H2,1H3/t5-,6-,7+/m1/s1. The van der Waals surface area contributed by atoms with Crippen molar-refractivity contribution in [3.05, 3.63) is 0 Å². The van der Waals surface area contributed by atoms with Gasteiger partial charge in [-0.05, 0) is 6.92 Å². The molecule has 5 heteroatoms. The number of ketones is 1. The van der Waals surface area contributed by atoms with Crippen LogP contribution in [0.4, 0.5) is 0 Å². The van der Waals surface area contributed by atoms with Gasteiger partial charge < -0.3 is 20.4 Å². The number of aliphatic hydroxyl groups excluding tert-OH is 4. The molecule has 0 aliphatic carbocycles. The zero-order chi connectivity index (χ0) is 9.72. The Morgan fingerprint density at radius 2 is 1.75 bits per heavy atom. The highest BCUT2D eigenvalue weighted by atomic mass is 16.4. The summed E-state index contributed by atoms with van der Waals surface area (Å²) in [4.78, 5) is 10.5. The maximum atomic E-state index is 10.5. The lowest BCUT2D eigenvalue weighted by atomic mass is 10.0. The van der Waals surface area contributed by atoms with Crippen LogP contribution in [0.3, 0.4) is 0 Å². The van der Waals surface area contributed by atoms with Gasteiger partial charge >= 0.3 is 0 Å².